The number of carboxylic acid groups (broad SMARTS) is 1. The zero-order valence-corrected chi connectivity index (χ0v) is 21.6. The number of amides is 3. The number of carbonyl (C=O) groups excluding carboxylic acids is 2. The molecule has 1 saturated carbocycles. The standard InChI is InChI=1S/C23H31N7O2.C2HF3O2/c1-16-12-27(6-7-28(16)18-9-23(10-18)14-24-15-23)13-17-2-5-30-19(8-17)20(11-25-30)29-4-3-21(31)26-22(29)32;3-2(4,5)1(6)7/h2,5,8,11,16,18,24H,3-4,6-7,9-10,12-15H2,1H3,(H,26,31,32);(H,6,7)/t16-;/m0./s1. The summed E-state index contributed by atoms with van der Waals surface area (Å²) in [6.07, 6.45) is 1.62. The normalized spacial score (nSPS) is 24.1. The number of anilines is 1. The van der Waals surface area contributed by atoms with E-state index in [1.807, 2.05) is 6.20 Å². The van der Waals surface area contributed by atoms with E-state index in [0.717, 1.165) is 43.4 Å². The molecule has 39 heavy (non-hydrogen) atoms. The SMILES string of the molecule is C[C@H]1CN(Cc2ccn3ncc(N4CCC(=O)NC4=O)c3c2)CCN1C1CC2(CNC2)C1.O=C(O)C(F)(F)F. The lowest BCUT2D eigenvalue weighted by Crippen LogP contribution is -2.68. The number of imide groups is 1. The number of aromatic nitrogens is 2. The molecule has 6 rings (SSSR count). The monoisotopic (exact) mass is 551 g/mol. The second-order valence-corrected chi connectivity index (χ2v) is 10.9. The Balaban J connectivity index is 0.000000392. The number of pyridine rings is 1. The van der Waals surface area contributed by atoms with Gasteiger partial charge in [-0.25, -0.2) is 14.1 Å². The number of aliphatic carboxylic acids is 1. The highest BCUT2D eigenvalue weighted by atomic mass is 19.4. The van der Waals surface area contributed by atoms with Gasteiger partial charge in [-0.2, -0.15) is 18.3 Å². The third-order valence-electron chi connectivity index (χ3n) is 8.13. The molecule has 1 spiro atoms. The van der Waals surface area contributed by atoms with E-state index in [0.29, 0.717) is 24.4 Å². The summed E-state index contributed by atoms with van der Waals surface area (Å²) < 4.78 is 33.5. The van der Waals surface area contributed by atoms with Crippen molar-refractivity contribution in [2.45, 2.75) is 51.0 Å². The molecule has 5 heterocycles. The number of alkyl halides is 3. The highest BCUT2D eigenvalue weighted by Gasteiger charge is 2.51. The Morgan fingerprint density at radius 2 is 1.92 bits per heavy atom. The van der Waals surface area contributed by atoms with Gasteiger partial charge in [-0.3, -0.25) is 24.8 Å². The molecule has 2 aromatic heterocycles. The zero-order chi connectivity index (χ0) is 27.9. The number of piperazine rings is 1. The second kappa shape index (κ2) is 10.4. The van der Waals surface area contributed by atoms with Gasteiger partial charge in [-0.1, -0.05) is 0 Å². The summed E-state index contributed by atoms with van der Waals surface area (Å²) in [7, 11) is 0. The van der Waals surface area contributed by atoms with E-state index in [1.54, 1.807) is 15.6 Å². The Morgan fingerprint density at radius 1 is 1.21 bits per heavy atom. The van der Waals surface area contributed by atoms with E-state index in [2.05, 4.69) is 44.6 Å². The molecule has 4 aliphatic rings. The van der Waals surface area contributed by atoms with Gasteiger partial charge in [0.05, 0.1) is 17.4 Å². The maximum Gasteiger partial charge on any atom is 0.490 e. The summed E-state index contributed by atoms with van der Waals surface area (Å²) in [5, 5.41) is 17.4. The fourth-order valence-corrected chi connectivity index (χ4v) is 6.04. The molecule has 0 aromatic carbocycles. The van der Waals surface area contributed by atoms with Crippen LogP contribution >= 0.6 is 0 Å². The Labute approximate surface area is 222 Å². The van der Waals surface area contributed by atoms with Crippen LogP contribution in [0.2, 0.25) is 0 Å². The summed E-state index contributed by atoms with van der Waals surface area (Å²) in [5.41, 5.74) is 3.49. The average molecular weight is 552 g/mol. The average Bonchev–Trinajstić information content (AvgIpc) is 3.21. The lowest BCUT2D eigenvalue weighted by molar-refractivity contribution is -0.192. The highest BCUT2D eigenvalue weighted by molar-refractivity contribution is 6.07. The number of nitrogens with one attached hydrogen (secondary N) is 2. The van der Waals surface area contributed by atoms with Gasteiger partial charge in [0.15, 0.2) is 0 Å². The molecule has 2 aromatic rings. The van der Waals surface area contributed by atoms with Gasteiger partial charge in [0, 0.05) is 70.5 Å². The van der Waals surface area contributed by atoms with Crippen molar-refractivity contribution in [1.82, 2.24) is 30.0 Å². The van der Waals surface area contributed by atoms with Crippen molar-refractivity contribution in [1.29, 1.82) is 0 Å². The van der Waals surface area contributed by atoms with Crippen LogP contribution < -0.4 is 15.5 Å². The quantitative estimate of drug-likeness (QED) is 0.525. The smallest absolute Gasteiger partial charge is 0.475 e. The number of fused-ring (bicyclic) bond motifs is 1. The Hall–Kier alpha value is -3.23. The first-order valence-corrected chi connectivity index (χ1v) is 13.0. The van der Waals surface area contributed by atoms with Crippen LogP contribution in [0.3, 0.4) is 0 Å². The topological polar surface area (TPSA) is 123 Å². The summed E-state index contributed by atoms with van der Waals surface area (Å²) in [6.45, 7) is 9.37. The summed E-state index contributed by atoms with van der Waals surface area (Å²) in [4.78, 5) is 39.6. The van der Waals surface area contributed by atoms with Crippen molar-refractivity contribution in [3.05, 3.63) is 30.1 Å². The van der Waals surface area contributed by atoms with E-state index in [-0.39, 0.29) is 11.9 Å². The number of nitrogens with zero attached hydrogens (tertiary/aromatic N) is 5. The maximum absolute atomic E-state index is 12.3. The molecular weight excluding hydrogens is 519 g/mol. The van der Waals surface area contributed by atoms with Gasteiger partial charge in [0.25, 0.3) is 0 Å². The molecule has 0 radical (unpaired) electrons. The van der Waals surface area contributed by atoms with Crippen molar-refractivity contribution < 1.29 is 32.7 Å². The van der Waals surface area contributed by atoms with E-state index in [1.165, 1.54) is 31.5 Å². The number of halogens is 3. The van der Waals surface area contributed by atoms with E-state index in [4.69, 9.17) is 9.90 Å². The number of carboxylic acids is 1. The third kappa shape index (κ3) is 5.72. The van der Waals surface area contributed by atoms with Crippen LogP contribution in [0.15, 0.2) is 24.5 Å². The maximum atomic E-state index is 12.3. The largest absolute Gasteiger partial charge is 0.490 e. The first-order chi connectivity index (χ1) is 18.4. The lowest BCUT2D eigenvalue weighted by atomic mass is 9.61. The lowest BCUT2D eigenvalue weighted by Gasteiger charge is -2.59. The van der Waals surface area contributed by atoms with Gasteiger partial charge in [-0.05, 0) is 42.9 Å². The predicted molar refractivity (Wildman–Crippen MR) is 134 cm³/mol. The Bertz CT molecular complexity index is 1250. The molecule has 3 N–H and O–H groups in total. The van der Waals surface area contributed by atoms with Gasteiger partial charge in [-0.15, -0.1) is 0 Å². The van der Waals surface area contributed by atoms with Crippen LogP contribution in [-0.4, -0.2) is 100.0 Å². The fraction of sp³-hybridized carbons (Fsp3) is 0.600. The number of hydrogen-bond acceptors (Lipinski definition) is 7. The van der Waals surface area contributed by atoms with Crippen molar-refractivity contribution in [3.8, 4) is 0 Å². The van der Waals surface area contributed by atoms with Crippen LogP contribution in [0.25, 0.3) is 5.52 Å². The van der Waals surface area contributed by atoms with Crippen LogP contribution in [0, 0.1) is 5.41 Å². The highest BCUT2D eigenvalue weighted by Crippen LogP contribution is 2.47. The fourth-order valence-electron chi connectivity index (χ4n) is 6.04. The molecule has 1 aliphatic carbocycles. The van der Waals surface area contributed by atoms with Gasteiger partial charge in [0.2, 0.25) is 5.91 Å². The molecule has 3 aliphatic heterocycles. The molecule has 0 bridgehead atoms. The van der Waals surface area contributed by atoms with Crippen LogP contribution in [-0.2, 0) is 16.1 Å². The molecule has 212 valence electrons. The molecule has 14 heteroatoms. The minimum Gasteiger partial charge on any atom is -0.475 e. The molecule has 3 saturated heterocycles. The minimum absolute atomic E-state index is 0.224. The van der Waals surface area contributed by atoms with Crippen LogP contribution in [0.4, 0.5) is 23.7 Å². The first kappa shape index (κ1) is 27.3. The zero-order valence-electron chi connectivity index (χ0n) is 21.6. The molecule has 3 amide bonds. The first-order valence-electron chi connectivity index (χ1n) is 13.0. The Morgan fingerprint density at radius 3 is 2.51 bits per heavy atom. The van der Waals surface area contributed by atoms with Crippen molar-refractivity contribution >= 4 is 29.1 Å². The van der Waals surface area contributed by atoms with Crippen LogP contribution in [0.1, 0.15) is 31.7 Å². The molecule has 1 atom stereocenters. The summed E-state index contributed by atoms with van der Waals surface area (Å²) in [6, 6.07) is 5.20. The minimum atomic E-state index is -5.08. The molecule has 11 nitrogen and oxygen atoms in total. The number of urea groups is 1. The predicted octanol–water partition coefficient (Wildman–Crippen LogP) is 1.67. The van der Waals surface area contributed by atoms with Crippen molar-refractivity contribution in [2.75, 3.05) is 44.2 Å². The molecule has 0 unspecified atom stereocenters. The molecular formula is C25H32F3N7O4. The van der Waals surface area contributed by atoms with E-state index < -0.39 is 12.1 Å². The molecule has 4 fully saturated rings. The van der Waals surface area contributed by atoms with Gasteiger partial charge < -0.3 is 10.4 Å². The summed E-state index contributed by atoms with van der Waals surface area (Å²) in [5.74, 6) is -2.98. The second-order valence-electron chi connectivity index (χ2n) is 10.9. The summed E-state index contributed by atoms with van der Waals surface area (Å²) >= 11 is 0. The van der Waals surface area contributed by atoms with E-state index >= 15 is 0 Å². The van der Waals surface area contributed by atoms with E-state index in [9.17, 15) is 22.8 Å². The number of carbonyl (C=O) groups is 3. The van der Waals surface area contributed by atoms with Crippen molar-refractivity contribution in [2.24, 2.45) is 5.41 Å². The number of hydrogen-bond donors (Lipinski definition) is 3. The Kier molecular flexibility index (Phi) is 7.29. The third-order valence-corrected chi connectivity index (χ3v) is 8.13. The van der Waals surface area contributed by atoms with Crippen LogP contribution in [0.5, 0.6) is 0 Å². The van der Waals surface area contributed by atoms with Gasteiger partial charge >= 0.3 is 18.2 Å². The number of rotatable bonds is 4. The van der Waals surface area contributed by atoms with Gasteiger partial charge in [0.1, 0.15) is 0 Å². The van der Waals surface area contributed by atoms with Crippen molar-refractivity contribution in [3.63, 3.8) is 0 Å².